The van der Waals surface area contributed by atoms with E-state index in [1.54, 1.807) is 11.3 Å². The van der Waals surface area contributed by atoms with Gasteiger partial charge in [-0.05, 0) is 24.1 Å². The van der Waals surface area contributed by atoms with Crippen molar-refractivity contribution in [2.24, 2.45) is 0 Å². The minimum absolute atomic E-state index is 0.205. The largest absolute Gasteiger partial charge is 0.307 e. The van der Waals surface area contributed by atoms with Gasteiger partial charge in [0.15, 0.2) is 0 Å². The van der Waals surface area contributed by atoms with Crippen LogP contribution in [-0.2, 0) is 0 Å². The number of nitrogens with one attached hydrogen (secondary N) is 1. The van der Waals surface area contributed by atoms with Crippen molar-refractivity contribution < 1.29 is 0 Å². The summed E-state index contributed by atoms with van der Waals surface area (Å²) in [5.41, 5.74) is 2.65. The van der Waals surface area contributed by atoms with Crippen molar-refractivity contribution in [1.82, 2.24) is 10.3 Å². The minimum Gasteiger partial charge on any atom is -0.307 e. The first-order valence-corrected chi connectivity index (χ1v) is 6.77. The molecule has 0 saturated heterocycles. The van der Waals surface area contributed by atoms with E-state index >= 15 is 0 Å². The van der Waals surface area contributed by atoms with Crippen molar-refractivity contribution in [1.29, 1.82) is 0 Å². The van der Waals surface area contributed by atoms with Gasteiger partial charge < -0.3 is 5.32 Å². The Morgan fingerprint density at radius 3 is 2.24 bits per heavy atom. The molecule has 1 atom stereocenters. The second-order valence-electron chi connectivity index (χ2n) is 4.41. The number of aromatic nitrogens is 1. The molecule has 1 heterocycles. The molecule has 0 saturated carbocycles. The summed E-state index contributed by atoms with van der Waals surface area (Å²) in [4.78, 5) is 4.38. The lowest BCUT2D eigenvalue weighted by Crippen LogP contribution is -2.17. The van der Waals surface area contributed by atoms with Crippen LogP contribution in [0.3, 0.4) is 0 Å². The van der Waals surface area contributed by atoms with E-state index in [2.05, 4.69) is 48.4 Å². The highest BCUT2D eigenvalue weighted by Gasteiger charge is 2.14. The van der Waals surface area contributed by atoms with E-state index in [0.29, 0.717) is 5.92 Å². The van der Waals surface area contributed by atoms with Crippen molar-refractivity contribution in [2.75, 3.05) is 7.05 Å². The number of rotatable bonds is 4. The number of hydrogen-bond donors (Lipinski definition) is 1. The van der Waals surface area contributed by atoms with Crippen LogP contribution in [0.1, 0.15) is 41.9 Å². The quantitative estimate of drug-likeness (QED) is 0.892. The maximum atomic E-state index is 4.38. The van der Waals surface area contributed by atoms with Crippen molar-refractivity contribution >= 4 is 11.3 Å². The zero-order chi connectivity index (χ0) is 12.3. The molecule has 0 spiro atoms. The second kappa shape index (κ2) is 5.43. The van der Waals surface area contributed by atoms with Crippen molar-refractivity contribution in [3.8, 4) is 0 Å². The summed E-state index contributed by atoms with van der Waals surface area (Å²) in [5, 5.41) is 6.45. The minimum atomic E-state index is 0.205. The zero-order valence-corrected chi connectivity index (χ0v) is 11.3. The van der Waals surface area contributed by atoms with Crippen LogP contribution in [0.5, 0.6) is 0 Å². The topological polar surface area (TPSA) is 24.9 Å². The Balaban J connectivity index is 2.26. The summed E-state index contributed by atoms with van der Waals surface area (Å²) in [6, 6.07) is 9.00. The lowest BCUT2D eigenvalue weighted by Gasteiger charge is -2.15. The van der Waals surface area contributed by atoms with Gasteiger partial charge >= 0.3 is 0 Å². The summed E-state index contributed by atoms with van der Waals surface area (Å²) in [6.45, 7) is 4.43. The van der Waals surface area contributed by atoms with Crippen LogP contribution >= 0.6 is 11.3 Å². The van der Waals surface area contributed by atoms with Crippen molar-refractivity contribution in [3.05, 3.63) is 52.0 Å². The summed E-state index contributed by atoms with van der Waals surface area (Å²) >= 11 is 1.69. The van der Waals surface area contributed by atoms with Crippen LogP contribution in [0.15, 0.2) is 35.8 Å². The van der Waals surface area contributed by atoms with Gasteiger partial charge in [0, 0.05) is 11.6 Å². The average Bonchev–Trinajstić information content (AvgIpc) is 2.84. The van der Waals surface area contributed by atoms with E-state index in [9.17, 15) is 0 Å². The van der Waals surface area contributed by atoms with Crippen molar-refractivity contribution in [2.45, 2.75) is 25.8 Å². The zero-order valence-electron chi connectivity index (χ0n) is 10.5. The fraction of sp³-hybridized carbons (Fsp3) is 0.357. The van der Waals surface area contributed by atoms with Crippen LogP contribution in [0.2, 0.25) is 0 Å². The van der Waals surface area contributed by atoms with Gasteiger partial charge in [-0.2, -0.15) is 0 Å². The first-order valence-electron chi connectivity index (χ1n) is 5.89. The smallest absolute Gasteiger partial charge is 0.114 e. The van der Waals surface area contributed by atoms with Gasteiger partial charge in [-0.15, -0.1) is 11.3 Å². The van der Waals surface area contributed by atoms with E-state index < -0.39 is 0 Å². The van der Waals surface area contributed by atoms with Gasteiger partial charge in [-0.25, -0.2) is 4.98 Å². The molecule has 0 fully saturated rings. The Morgan fingerprint density at radius 1 is 1.12 bits per heavy atom. The van der Waals surface area contributed by atoms with Gasteiger partial charge in [0.2, 0.25) is 0 Å². The SMILES string of the molecule is CNC(c1ccc(C(C)C)cc1)c1nccs1. The molecule has 1 aromatic carbocycles. The van der Waals surface area contributed by atoms with E-state index in [1.165, 1.54) is 11.1 Å². The highest BCUT2D eigenvalue weighted by molar-refractivity contribution is 7.09. The van der Waals surface area contributed by atoms with Gasteiger partial charge in [0.1, 0.15) is 5.01 Å². The summed E-state index contributed by atoms with van der Waals surface area (Å²) in [6.07, 6.45) is 1.85. The Kier molecular flexibility index (Phi) is 3.92. The Labute approximate surface area is 107 Å². The Bertz CT molecular complexity index is 446. The average molecular weight is 246 g/mol. The van der Waals surface area contributed by atoms with Crippen LogP contribution in [0, 0.1) is 0 Å². The fourth-order valence-electron chi connectivity index (χ4n) is 1.88. The molecular formula is C14H18N2S. The molecule has 2 nitrogen and oxygen atoms in total. The third-order valence-corrected chi connectivity index (χ3v) is 3.76. The number of nitrogens with zero attached hydrogens (tertiary/aromatic N) is 1. The maximum Gasteiger partial charge on any atom is 0.114 e. The van der Waals surface area contributed by atoms with E-state index in [4.69, 9.17) is 0 Å². The van der Waals surface area contributed by atoms with Crippen LogP contribution in [-0.4, -0.2) is 12.0 Å². The second-order valence-corrected chi connectivity index (χ2v) is 5.34. The third kappa shape index (κ3) is 2.73. The standard InChI is InChI=1S/C14H18N2S/c1-10(2)11-4-6-12(7-5-11)13(15-3)14-16-8-9-17-14/h4-10,13,15H,1-3H3. The molecule has 0 aliphatic carbocycles. The van der Waals surface area contributed by atoms with E-state index in [-0.39, 0.29) is 6.04 Å². The normalized spacial score (nSPS) is 12.9. The molecule has 1 unspecified atom stereocenters. The first kappa shape index (κ1) is 12.3. The molecule has 0 radical (unpaired) electrons. The monoisotopic (exact) mass is 246 g/mol. The Hall–Kier alpha value is -1.19. The highest BCUT2D eigenvalue weighted by atomic mass is 32.1. The van der Waals surface area contributed by atoms with Crippen LogP contribution in [0.25, 0.3) is 0 Å². The molecule has 2 aromatic rings. The fourth-order valence-corrected chi connectivity index (χ4v) is 2.66. The molecule has 3 heteroatoms. The van der Waals surface area contributed by atoms with Gasteiger partial charge in [0.05, 0.1) is 6.04 Å². The number of benzene rings is 1. The van der Waals surface area contributed by atoms with Crippen LogP contribution in [0.4, 0.5) is 0 Å². The molecule has 0 aliphatic heterocycles. The number of thiazole rings is 1. The van der Waals surface area contributed by atoms with Crippen LogP contribution < -0.4 is 5.32 Å². The Morgan fingerprint density at radius 2 is 1.76 bits per heavy atom. The lowest BCUT2D eigenvalue weighted by atomic mass is 9.99. The molecular weight excluding hydrogens is 228 g/mol. The molecule has 1 N–H and O–H groups in total. The molecule has 90 valence electrons. The van der Waals surface area contributed by atoms with E-state index in [1.807, 2.05) is 18.6 Å². The molecule has 17 heavy (non-hydrogen) atoms. The summed E-state index contributed by atoms with van der Waals surface area (Å²) in [5.74, 6) is 0.581. The molecule has 0 bridgehead atoms. The van der Waals surface area contributed by atoms with Gasteiger partial charge in [-0.3, -0.25) is 0 Å². The predicted molar refractivity (Wildman–Crippen MR) is 73.5 cm³/mol. The molecule has 0 aliphatic rings. The molecule has 2 rings (SSSR count). The predicted octanol–water partition coefficient (Wildman–Crippen LogP) is 3.58. The summed E-state index contributed by atoms with van der Waals surface area (Å²) < 4.78 is 0. The summed E-state index contributed by atoms with van der Waals surface area (Å²) in [7, 11) is 1.97. The van der Waals surface area contributed by atoms with E-state index in [0.717, 1.165) is 5.01 Å². The van der Waals surface area contributed by atoms with Gasteiger partial charge in [-0.1, -0.05) is 38.1 Å². The van der Waals surface area contributed by atoms with Gasteiger partial charge in [0.25, 0.3) is 0 Å². The third-order valence-electron chi connectivity index (χ3n) is 2.92. The van der Waals surface area contributed by atoms with Crippen molar-refractivity contribution in [3.63, 3.8) is 0 Å². The first-order chi connectivity index (χ1) is 8.22. The molecule has 1 aromatic heterocycles. The number of hydrogen-bond acceptors (Lipinski definition) is 3. The lowest BCUT2D eigenvalue weighted by molar-refractivity contribution is 0.685. The highest BCUT2D eigenvalue weighted by Crippen LogP contribution is 2.25. The maximum absolute atomic E-state index is 4.38. The molecule has 0 amide bonds.